The summed E-state index contributed by atoms with van der Waals surface area (Å²) in [4.78, 5) is 11.3. The largest absolute Gasteiger partial charge is 0.461 e. The van der Waals surface area contributed by atoms with Gasteiger partial charge < -0.3 is 10.5 Å². The molecule has 3 heteroatoms. The number of ether oxygens (including phenoxy) is 1. The zero-order chi connectivity index (χ0) is 11.3. The van der Waals surface area contributed by atoms with Crippen molar-refractivity contribution in [3.63, 3.8) is 0 Å². The Hall–Kier alpha value is -0.570. The smallest absolute Gasteiger partial charge is 0.319 e. The molecule has 2 aliphatic carbocycles. The highest BCUT2D eigenvalue weighted by atomic mass is 16.5. The molecule has 0 amide bonds. The van der Waals surface area contributed by atoms with Crippen molar-refractivity contribution in [2.45, 2.75) is 46.1 Å². The second kappa shape index (κ2) is 3.21. The summed E-state index contributed by atoms with van der Waals surface area (Å²) in [6.45, 7) is 6.87. The molecular weight excluding hydrogens is 190 g/mol. The molecule has 2 N–H and O–H groups in total. The van der Waals surface area contributed by atoms with E-state index in [-0.39, 0.29) is 24.0 Å². The highest BCUT2D eigenvalue weighted by Gasteiger charge is 2.62. The van der Waals surface area contributed by atoms with Gasteiger partial charge in [0.2, 0.25) is 0 Å². The van der Waals surface area contributed by atoms with Crippen molar-refractivity contribution in [1.29, 1.82) is 0 Å². The van der Waals surface area contributed by atoms with Crippen LogP contribution in [0.1, 0.15) is 40.0 Å². The van der Waals surface area contributed by atoms with Crippen LogP contribution < -0.4 is 5.73 Å². The second-order valence-electron chi connectivity index (χ2n) is 5.79. The third kappa shape index (κ3) is 1.32. The molecule has 2 saturated carbocycles. The Bertz CT molecular complexity index is 287. The molecule has 86 valence electrons. The van der Waals surface area contributed by atoms with Crippen LogP contribution in [0.3, 0.4) is 0 Å². The van der Waals surface area contributed by atoms with Gasteiger partial charge in [0.25, 0.3) is 0 Å². The van der Waals surface area contributed by atoms with Crippen molar-refractivity contribution < 1.29 is 9.53 Å². The monoisotopic (exact) mass is 211 g/mol. The Morgan fingerprint density at radius 2 is 2.13 bits per heavy atom. The molecule has 0 radical (unpaired) electrons. The molecule has 0 saturated heterocycles. The van der Waals surface area contributed by atoms with Crippen LogP contribution in [-0.2, 0) is 9.53 Å². The summed E-state index contributed by atoms with van der Waals surface area (Å²) in [7, 11) is 0. The third-order valence-electron chi connectivity index (χ3n) is 5.15. The topological polar surface area (TPSA) is 52.3 Å². The van der Waals surface area contributed by atoms with Crippen molar-refractivity contribution in [1.82, 2.24) is 0 Å². The van der Waals surface area contributed by atoms with Crippen LogP contribution in [0.25, 0.3) is 0 Å². The standard InChI is InChI=1S/C12H21NO2/c1-11(2)8-4-5-12(11,3)9(6-8)15-10(14)7-13/h8-9H,4-7,13H2,1-3H3. The van der Waals surface area contributed by atoms with Crippen LogP contribution >= 0.6 is 0 Å². The summed E-state index contributed by atoms with van der Waals surface area (Å²) >= 11 is 0. The summed E-state index contributed by atoms with van der Waals surface area (Å²) in [6, 6.07) is 0. The SMILES string of the molecule is CC1(C)C2CCC1(C)C(OC(=O)CN)C2. The maximum Gasteiger partial charge on any atom is 0.319 e. The van der Waals surface area contributed by atoms with E-state index in [1.165, 1.54) is 12.8 Å². The zero-order valence-corrected chi connectivity index (χ0v) is 9.88. The third-order valence-corrected chi connectivity index (χ3v) is 5.15. The first-order valence-corrected chi connectivity index (χ1v) is 5.81. The summed E-state index contributed by atoms with van der Waals surface area (Å²) < 4.78 is 5.47. The van der Waals surface area contributed by atoms with Crippen LogP contribution in [0.5, 0.6) is 0 Å². The fourth-order valence-corrected chi connectivity index (χ4v) is 3.52. The van der Waals surface area contributed by atoms with Crippen molar-refractivity contribution in [3.8, 4) is 0 Å². The highest BCUT2D eigenvalue weighted by molar-refractivity contribution is 5.71. The molecule has 0 aromatic carbocycles. The summed E-state index contributed by atoms with van der Waals surface area (Å²) in [5.41, 5.74) is 5.74. The lowest BCUT2D eigenvalue weighted by Crippen LogP contribution is -2.39. The van der Waals surface area contributed by atoms with Crippen LogP contribution in [0.4, 0.5) is 0 Å². The van der Waals surface area contributed by atoms with E-state index in [2.05, 4.69) is 20.8 Å². The molecule has 0 spiro atoms. The maximum atomic E-state index is 11.3. The lowest BCUT2D eigenvalue weighted by molar-refractivity contribution is -0.155. The number of rotatable bonds is 2. The van der Waals surface area contributed by atoms with E-state index in [1.54, 1.807) is 0 Å². The Morgan fingerprint density at radius 3 is 2.53 bits per heavy atom. The van der Waals surface area contributed by atoms with Crippen molar-refractivity contribution in [3.05, 3.63) is 0 Å². The Labute approximate surface area is 91.4 Å². The molecule has 2 rings (SSSR count). The van der Waals surface area contributed by atoms with Gasteiger partial charge in [0, 0.05) is 5.41 Å². The quantitative estimate of drug-likeness (QED) is 0.707. The molecule has 0 aromatic heterocycles. The number of esters is 1. The molecule has 0 aromatic rings. The summed E-state index contributed by atoms with van der Waals surface area (Å²) in [5.74, 6) is 0.447. The van der Waals surface area contributed by atoms with Crippen molar-refractivity contribution in [2.75, 3.05) is 6.54 Å². The predicted molar refractivity (Wildman–Crippen MR) is 58.2 cm³/mol. The minimum Gasteiger partial charge on any atom is -0.461 e. The molecule has 15 heavy (non-hydrogen) atoms. The van der Waals surface area contributed by atoms with Gasteiger partial charge in [-0.3, -0.25) is 4.79 Å². The van der Waals surface area contributed by atoms with E-state index in [9.17, 15) is 4.79 Å². The van der Waals surface area contributed by atoms with Gasteiger partial charge in [-0.2, -0.15) is 0 Å². The molecule has 0 aliphatic heterocycles. The normalized spacial score (nSPS) is 41.9. The zero-order valence-electron chi connectivity index (χ0n) is 9.88. The molecule has 0 heterocycles. The average molecular weight is 211 g/mol. The van der Waals surface area contributed by atoms with Gasteiger partial charge in [0.15, 0.2) is 0 Å². The minimum absolute atomic E-state index is 0.00231. The van der Waals surface area contributed by atoms with Gasteiger partial charge in [-0.15, -0.1) is 0 Å². The van der Waals surface area contributed by atoms with Crippen LogP contribution in [0.15, 0.2) is 0 Å². The lowest BCUT2D eigenvalue weighted by Gasteiger charge is -2.38. The van der Waals surface area contributed by atoms with Gasteiger partial charge >= 0.3 is 5.97 Å². The number of hydrogen-bond acceptors (Lipinski definition) is 3. The number of fused-ring (bicyclic) bond motifs is 2. The van der Waals surface area contributed by atoms with Crippen LogP contribution in [0, 0.1) is 16.7 Å². The van der Waals surface area contributed by atoms with Crippen LogP contribution in [-0.4, -0.2) is 18.6 Å². The van der Waals surface area contributed by atoms with Gasteiger partial charge in [-0.25, -0.2) is 0 Å². The number of hydrogen-bond donors (Lipinski definition) is 1. The number of carbonyl (C=O) groups is 1. The Kier molecular flexibility index (Phi) is 2.34. The van der Waals surface area contributed by atoms with Crippen molar-refractivity contribution >= 4 is 5.97 Å². The molecule has 2 aliphatic rings. The lowest BCUT2D eigenvalue weighted by atomic mass is 9.70. The predicted octanol–water partition coefficient (Wildman–Crippen LogP) is 1.70. The average Bonchev–Trinajstić information content (AvgIpc) is 2.50. The van der Waals surface area contributed by atoms with Gasteiger partial charge in [0.1, 0.15) is 6.10 Å². The Balaban J connectivity index is 2.15. The first-order valence-electron chi connectivity index (χ1n) is 5.81. The summed E-state index contributed by atoms with van der Waals surface area (Å²) in [6.07, 6.45) is 3.56. The Morgan fingerprint density at radius 1 is 1.47 bits per heavy atom. The minimum atomic E-state index is -0.260. The number of carbonyl (C=O) groups excluding carboxylic acids is 1. The first-order chi connectivity index (χ1) is 6.91. The van der Waals surface area contributed by atoms with Gasteiger partial charge in [-0.05, 0) is 30.6 Å². The highest BCUT2D eigenvalue weighted by Crippen LogP contribution is 2.66. The fraction of sp³-hybridized carbons (Fsp3) is 0.917. The fourth-order valence-electron chi connectivity index (χ4n) is 3.52. The summed E-state index contributed by atoms with van der Waals surface area (Å²) in [5, 5.41) is 0. The second-order valence-corrected chi connectivity index (χ2v) is 5.79. The van der Waals surface area contributed by atoms with Crippen LogP contribution in [0.2, 0.25) is 0 Å². The van der Waals surface area contributed by atoms with Crippen molar-refractivity contribution in [2.24, 2.45) is 22.5 Å². The molecular formula is C12H21NO2. The molecule has 3 nitrogen and oxygen atoms in total. The van der Waals surface area contributed by atoms with E-state index in [1.807, 2.05) is 0 Å². The first kappa shape index (κ1) is 10.9. The van der Waals surface area contributed by atoms with Gasteiger partial charge in [0.05, 0.1) is 6.54 Å². The van der Waals surface area contributed by atoms with Gasteiger partial charge in [-0.1, -0.05) is 20.8 Å². The van der Waals surface area contributed by atoms with E-state index >= 15 is 0 Å². The number of nitrogens with two attached hydrogens (primary N) is 1. The van der Waals surface area contributed by atoms with E-state index in [0.717, 1.165) is 6.42 Å². The maximum absolute atomic E-state index is 11.3. The van der Waals surface area contributed by atoms with E-state index < -0.39 is 0 Å². The molecule has 3 atom stereocenters. The molecule has 2 bridgehead atoms. The molecule has 3 unspecified atom stereocenters. The van der Waals surface area contributed by atoms with E-state index in [4.69, 9.17) is 10.5 Å². The molecule has 2 fully saturated rings. The van der Waals surface area contributed by atoms with E-state index in [0.29, 0.717) is 11.3 Å².